The van der Waals surface area contributed by atoms with Crippen molar-refractivity contribution in [3.05, 3.63) is 0 Å². The normalized spacial score (nSPS) is 22.0. The molecule has 0 radical (unpaired) electrons. The summed E-state index contributed by atoms with van der Waals surface area (Å²) in [5.74, 6) is -0.424. The summed E-state index contributed by atoms with van der Waals surface area (Å²) in [7, 11) is 0. The lowest BCUT2D eigenvalue weighted by Gasteiger charge is -2.38. The van der Waals surface area contributed by atoms with Crippen molar-refractivity contribution in [2.24, 2.45) is 0 Å². The Morgan fingerprint density at radius 1 is 1.29 bits per heavy atom. The Balaban J connectivity index is 2.76. The van der Waals surface area contributed by atoms with Crippen LogP contribution in [0.15, 0.2) is 0 Å². The molecule has 2 atom stereocenters. The zero-order chi connectivity index (χ0) is 16.2. The highest BCUT2D eigenvalue weighted by Crippen LogP contribution is 2.16. The molecule has 1 amide bonds. The lowest BCUT2D eigenvalue weighted by molar-refractivity contribution is -0.165. The summed E-state index contributed by atoms with van der Waals surface area (Å²) in [6, 6.07) is -0.877. The number of carbonyl (C=O) groups is 2. The van der Waals surface area contributed by atoms with E-state index in [1.807, 2.05) is 39.5 Å². The molecule has 6 nitrogen and oxygen atoms in total. The van der Waals surface area contributed by atoms with Gasteiger partial charge in [0.25, 0.3) is 0 Å². The van der Waals surface area contributed by atoms with Crippen LogP contribution in [0.4, 0.5) is 0 Å². The standard InChI is InChI=1S/C15H28N2O4/c1-10(2)16-13(18)12-9-20-8-7-17(12)11(3)14(19)21-15(4,5)6/h10-12H,7-9H2,1-6H3,(H,16,18). The molecule has 0 aromatic rings. The number of esters is 1. The Morgan fingerprint density at radius 2 is 1.90 bits per heavy atom. The van der Waals surface area contributed by atoms with Gasteiger partial charge in [0.1, 0.15) is 17.7 Å². The summed E-state index contributed by atoms with van der Waals surface area (Å²) in [6.07, 6.45) is 0. The third kappa shape index (κ3) is 5.63. The smallest absolute Gasteiger partial charge is 0.323 e. The molecule has 21 heavy (non-hydrogen) atoms. The molecule has 122 valence electrons. The molecule has 0 spiro atoms. The Hall–Kier alpha value is -1.14. The fraction of sp³-hybridized carbons (Fsp3) is 0.867. The topological polar surface area (TPSA) is 67.9 Å². The number of morpholine rings is 1. The zero-order valence-electron chi connectivity index (χ0n) is 13.9. The van der Waals surface area contributed by atoms with Crippen molar-refractivity contribution in [3.63, 3.8) is 0 Å². The molecular formula is C15H28N2O4. The van der Waals surface area contributed by atoms with Crippen molar-refractivity contribution in [1.29, 1.82) is 0 Å². The van der Waals surface area contributed by atoms with Crippen LogP contribution in [-0.2, 0) is 19.1 Å². The van der Waals surface area contributed by atoms with Crippen molar-refractivity contribution in [1.82, 2.24) is 10.2 Å². The van der Waals surface area contributed by atoms with Gasteiger partial charge in [-0.05, 0) is 41.5 Å². The first-order chi connectivity index (χ1) is 9.61. The van der Waals surface area contributed by atoms with E-state index in [2.05, 4.69) is 5.32 Å². The fourth-order valence-corrected chi connectivity index (χ4v) is 2.21. The van der Waals surface area contributed by atoms with E-state index in [9.17, 15) is 9.59 Å². The third-order valence-corrected chi connectivity index (χ3v) is 3.15. The maximum atomic E-state index is 12.2. The van der Waals surface area contributed by atoms with Crippen LogP contribution in [0.2, 0.25) is 0 Å². The molecule has 0 bridgehead atoms. The minimum Gasteiger partial charge on any atom is -0.459 e. The highest BCUT2D eigenvalue weighted by molar-refractivity contribution is 5.84. The minimum atomic E-state index is -0.534. The molecule has 1 fully saturated rings. The van der Waals surface area contributed by atoms with Crippen molar-refractivity contribution in [2.45, 2.75) is 65.3 Å². The molecular weight excluding hydrogens is 272 g/mol. The first kappa shape index (κ1) is 17.9. The predicted molar refractivity (Wildman–Crippen MR) is 79.9 cm³/mol. The molecule has 0 saturated carbocycles. The van der Waals surface area contributed by atoms with Crippen molar-refractivity contribution < 1.29 is 19.1 Å². The summed E-state index contributed by atoms with van der Waals surface area (Å²) < 4.78 is 10.8. The van der Waals surface area contributed by atoms with E-state index in [0.29, 0.717) is 19.8 Å². The average molecular weight is 300 g/mol. The Kier molecular flexibility index (Phi) is 6.16. The van der Waals surface area contributed by atoms with Gasteiger partial charge in [0.05, 0.1) is 13.2 Å². The molecule has 6 heteroatoms. The number of carbonyl (C=O) groups excluding carboxylic acids is 2. The highest BCUT2D eigenvalue weighted by atomic mass is 16.6. The zero-order valence-corrected chi connectivity index (χ0v) is 13.9. The van der Waals surface area contributed by atoms with Gasteiger partial charge in [0, 0.05) is 12.6 Å². The highest BCUT2D eigenvalue weighted by Gasteiger charge is 2.37. The first-order valence-electron chi connectivity index (χ1n) is 7.48. The van der Waals surface area contributed by atoms with Crippen molar-refractivity contribution in [2.75, 3.05) is 19.8 Å². The number of ether oxygens (including phenoxy) is 2. The summed E-state index contributed by atoms with van der Waals surface area (Å²) in [4.78, 5) is 26.3. The van der Waals surface area contributed by atoms with E-state index in [1.54, 1.807) is 6.92 Å². The van der Waals surface area contributed by atoms with Gasteiger partial charge in [-0.1, -0.05) is 0 Å². The van der Waals surface area contributed by atoms with Gasteiger partial charge in [-0.3, -0.25) is 14.5 Å². The number of nitrogens with one attached hydrogen (secondary N) is 1. The lowest BCUT2D eigenvalue weighted by Crippen LogP contribution is -2.59. The van der Waals surface area contributed by atoms with Crippen molar-refractivity contribution in [3.8, 4) is 0 Å². The van der Waals surface area contributed by atoms with Gasteiger partial charge in [-0.15, -0.1) is 0 Å². The molecule has 1 aliphatic rings. The van der Waals surface area contributed by atoms with Gasteiger partial charge in [-0.2, -0.15) is 0 Å². The Labute approximate surface area is 127 Å². The largest absolute Gasteiger partial charge is 0.459 e. The summed E-state index contributed by atoms with van der Waals surface area (Å²) in [5, 5.41) is 2.87. The molecule has 1 N–H and O–H groups in total. The number of hydrogen-bond acceptors (Lipinski definition) is 5. The van der Waals surface area contributed by atoms with Crippen LogP contribution in [0.1, 0.15) is 41.5 Å². The van der Waals surface area contributed by atoms with E-state index in [4.69, 9.17) is 9.47 Å². The third-order valence-electron chi connectivity index (χ3n) is 3.15. The molecule has 1 rings (SSSR count). The Morgan fingerprint density at radius 3 is 2.43 bits per heavy atom. The van der Waals surface area contributed by atoms with Crippen LogP contribution >= 0.6 is 0 Å². The monoisotopic (exact) mass is 300 g/mol. The van der Waals surface area contributed by atoms with Gasteiger partial charge in [0.15, 0.2) is 0 Å². The minimum absolute atomic E-state index is 0.0538. The van der Waals surface area contributed by atoms with Crippen LogP contribution in [0.3, 0.4) is 0 Å². The van der Waals surface area contributed by atoms with Gasteiger partial charge in [-0.25, -0.2) is 0 Å². The molecule has 1 heterocycles. The molecule has 2 unspecified atom stereocenters. The van der Waals surface area contributed by atoms with Gasteiger partial charge < -0.3 is 14.8 Å². The van der Waals surface area contributed by atoms with Gasteiger partial charge >= 0.3 is 5.97 Å². The van der Waals surface area contributed by atoms with Crippen LogP contribution in [-0.4, -0.2) is 60.3 Å². The van der Waals surface area contributed by atoms with Crippen LogP contribution < -0.4 is 5.32 Å². The van der Waals surface area contributed by atoms with E-state index in [-0.39, 0.29) is 17.9 Å². The van der Waals surface area contributed by atoms with E-state index >= 15 is 0 Å². The number of rotatable bonds is 4. The second-order valence-electron chi connectivity index (χ2n) is 6.70. The van der Waals surface area contributed by atoms with Gasteiger partial charge in [0.2, 0.25) is 5.91 Å². The predicted octanol–water partition coefficient (Wildman–Crippen LogP) is 0.942. The first-order valence-corrected chi connectivity index (χ1v) is 7.48. The van der Waals surface area contributed by atoms with E-state index in [1.165, 1.54) is 0 Å². The number of hydrogen-bond donors (Lipinski definition) is 1. The van der Waals surface area contributed by atoms with E-state index in [0.717, 1.165) is 0 Å². The summed E-state index contributed by atoms with van der Waals surface area (Å²) in [5.41, 5.74) is -0.534. The molecule has 1 saturated heterocycles. The van der Waals surface area contributed by atoms with Crippen LogP contribution in [0, 0.1) is 0 Å². The van der Waals surface area contributed by atoms with Crippen molar-refractivity contribution >= 4 is 11.9 Å². The lowest BCUT2D eigenvalue weighted by atomic mass is 10.1. The fourth-order valence-electron chi connectivity index (χ4n) is 2.21. The summed E-state index contributed by atoms with van der Waals surface area (Å²) >= 11 is 0. The molecule has 1 aliphatic heterocycles. The van der Waals surface area contributed by atoms with E-state index < -0.39 is 17.7 Å². The molecule has 0 aromatic heterocycles. The second-order valence-corrected chi connectivity index (χ2v) is 6.70. The quantitative estimate of drug-likeness (QED) is 0.783. The maximum absolute atomic E-state index is 12.2. The molecule has 0 aromatic carbocycles. The maximum Gasteiger partial charge on any atom is 0.323 e. The SMILES string of the molecule is CC(C)NC(=O)C1COCCN1C(C)C(=O)OC(C)(C)C. The molecule has 0 aliphatic carbocycles. The summed E-state index contributed by atoms with van der Waals surface area (Å²) in [6.45, 7) is 12.4. The van der Waals surface area contributed by atoms with Crippen LogP contribution in [0.5, 0.6) is 0 Å². The number of nitrogens with zero attached hydrogens (tertiary/aromatic N) is 1. The van der Waals surface area contributed by atoms with Crippen LogP contribution in [0.25, 0.3) is 0 Å². The second kappa shape index (κ2) is 7.22. The average Bonchev–Trinajstić information content (AvgIpc) is 2.35. The number of amides is 1. The Bertz CT molecular complexity index is 376.